The van der Waals surface area contributed by atoms with Crippen LogP contribution in [0.4, 0.5) is 8.78 Å². The Balaban J connectivity index is 1.43. The molecular weight excluding hydrogens is 402 g/mol. The third-order valence-corrected chi connectivity index (χ3v) is 8.34. The van der Waals surface area contributed by atoms with Gasteiger partial charge in [0.2, 0.25) is 5.78 Å². The van der Waals surface area contributed by atoms with Crippen LogP contribution in [-0.4, -0.2) is 11.7 Å². The van der Waals surface area contributed by atoms with Crippen LogP contribution >= 0.6 is 0 Å². The number of hydrogen-bond donors (Lipinski definition) is 0. The molecule has 1 aromatic carbocycles. The number of rotatable bonds is 11. The van der Waals surface area contributed by atoms with Crippen molar-refractivity contribution >= 4 is 5.78 Å². The monoisotopic (exact) mass is 446 g/mol. The lowest BCUT2D eigenvalue weighted by Gasteiger charge is -2.38. The molecule has 0 aromatic heterocycles. The van der Waals surface area contributed by atoms with Crippen LogP contribution in [0.1, 0.15) is 132 Å². The number of hydrogen-bond acceptors (Lipinski definition) is 1. The van der Waals surface area contributed by atoms with Crippen LogP contribution in [0, 0.1) is 17.8 Å². The fraction of sp³-hybridized carbons (Fsp3) is 0.759. The minimum Gasteiger partial charge on any atom is -0.287 e. The highest BCUT2D eigenvalue weighted by Crippen LogP contribution is 2.44. The molecule has 2 aliphatic carbocycles. The van der Waals surface area contributed by atoms with Gasteiger partial charge in [-0.1, -0.05) is 83.1 Å². The summed E-state index contributed by atoms with van der Waals surface area (Å²) in [5, 5.41) is 0. The number of ketones is 1. The zero-order valence-corrected chi connectivity index (χ0v) is 20.4. The van der Waals surface area contributed by atoms with E-state index in [1.165, 1.54) is 89.0 Å². The summed E-state index contributed by atoms with van der Waals surface area (Å²) in [5.74, 6) is -0.991. The van der Waals surface area contributed by atoms with Gasteiger partial charge in [-0.2, -0.15) is 8.78 Å². The van der Waals surface area contributed by atoms with Crippen LogP contribution in [0.5, 0.6) is 0 Å². The first-order chi connectivity index (χ1) is 15.4. The van der Waals surface area contributed by atoms with Crippen LogP contribution in [0.15, 0.2) is 24.3 Å². The van der Waals surface area contributed by atoms with Crippen molar-refractivity contribution in [1.82, 2.24) is 0 Å². The predicted octanol–water partition coefficient (Wildman–Crippen LogP) is 9.36. The van der Waals surface area contributed by atoms with E-state index in [9.17, 15) is 13.6 Å². The van der Waals surface area contributed by atoms with E-state index in [1.54, 1.807) is 19.1 Å². The molecule has 0 atom stereocenters. The largest absolute Gasteiger partial charge is 0.309 e. The SMILES string of the molecule is CCCCCC[C@H]1CC[C@H](C2CCC(c3ccc(C(=O)C(F)(F)CCC)cc3)CC2)CC1. The Morgan fingerprint density at radius 1 is 0.812 bits per heavy atom. The third-order valence-electron chi connectivity index (χ3n) is 8.34. The molecule has 0 amide bonds. The summed E-state index contributed by atoms with van der Waals surface area (Å²) in [6.07, 6.45) is 17.7. The van der Waals surface area contributed by atoms with Crippen LogP contribution in [0.3, 0.4) is 0 Å². The first-order valence-corrected chi connectivity index (χ1v) is 13.5. The van der Waals surface area contributed by atoms with Gasteiger partial charge in [0.1, 0.15) is 0 Å². The van der Waals surface area contributed by atoms with Crippen molar-refractivity contribution in [2.75, 3.05) is 0 Å². The van der Waals surface area contributed by atoms with Gasteiger partial charge in [0, 0.05) is 12.0 Å². The predicted molar refractivity (Wildman–Crippen MR) is 130 cm³/mol. The Labute approximate surface area is 194 Å². The maximum absolute atomic E-state index is 13.9. The lowest BCUT2D eigenvalue weighted by molar-refractivity contribution is 0.00453. The summed E-state index contributed by atoms with van der Waals surface area (Å²) in [6.45, 7) is 3.96. The molecule has 1 aromatic rings. The number of halogens is 2. The highest BCUT2D eigenvalue weighted by atomic mass is 19.3. The Morgan fingerprint density at radius 2 is 1.41 bits per heavy atom. The highest BCUT2D eigenvalue weighted by molar-refractivity contribution is 6.01. The molecule has 2 fully saturated rings. The molecule has 32 heavy (non-hydrogen) atoms. The molecule has 0 aliphatic heterocycles. The van der Waals surface area contributed by atoms with E-state index in [-0.39, 0.29) is 12.0 Å². The van der Waals surface area contributed by atoms with E-state index in [4.69, 9.17) is 0 Å². The summed E-state index contributed by atoms with van der Waals surface area (Å²) < 4.78 is 27.9. The Bertz CT molecular complexity index is 680. The fourth-order valence-electron chi connectivity index (χ4n) is 6.28. The number of carbonyl (C=O) groups is 1. The second-order valence-corrected chi connectivity index (χ2v) is 10.6. The molecule has 0 saturated heterocycles. The number of alkyl halides is 2. The molecule has 3 rings (SSSR count). The third kappa shape index (κ3) is 6.87. The second kappa shape index (κ2) is 12.3. The number of Topliss-reactive ketones (excluding diaryl/α,β-unsaturated/α-hetero) is 1. The quantitative estimate of drug-likeness (QED) is 0.244. The Morgan fingerprint density at radius 3 is 1.97 bits per heavy atom. The van der Waals surface area contributed by atoms with E-state index in [0.29, 0.717) is 12.3 Å². The molecule has 1 nitrogen and oxygen atoms in total. The summed E-state index contributed by atoms with van der Waals surface area (Å²) >= 11 is 0. The standard InChI is InChI=1S/C29H44F2O/c1-3-5-6-7-8-22-9-11-23(12-10-22)24-13-15-25(16-14-24)26-17-19-27(20-18-26)28(32)29(30,31)21-4-2/h17-20,22-25H,3-16,21H2,1-2H3/t22-,23-,24?,25?. The summed E-state index contributed by atoms with van der Waals surface area (Å²) in [4.78, 5) is 12.1. The topological polar surface area (TPSA) is 17.1 Å². The molecular formula is C29H44F2O. The van der Waals surface area contributed by atoms with Gasteiger partial charge in [-0.05, 0) is 74.2 Å². The number of benzene rings is 1. The summed E-state index contributed by atoms with van der Waals surface area (Å²) in [5.41, 5.74) is 1.36. The highest BCUT2D eigenvalue weighted by Gasteiger charge is 2.38. The first kappa shape index (κ1) is 25.4. The molecule has 0 radical (unpaired) electrons. The van der Waals surface area contributed by atoms with Crippen molar-refractivity contribution in [2.24, 2.45) is 17.8 Å². The van der Waals surface area contributed by atoms with Crippen molar-refractivity contribution in [3.05, 3.63) is 35.4 Å². The normalized spacial score (nSPS) is 26.8. The van der Waals surface area contributed by atoms with E-state index in [2.05, 4.69) is 6.92 Å². The molecule has 180 valence electrons. The lowest BCUT2D eigenvalue weighted by atomic mass is 9.68. The fourth-order valence-corrected chi connectivity index (χ4v) is 6.28. The Kier molecular flexibility index (Phi) is 9.74. The van der Waals surface area contributed by atoms with Crippen molar-refractivity contribution in [1.29, 1.82) is 0 Å². The lowest BCUT2D eigenvalue weighted by Crippen LogP contribution is -2.28. The van der Waals surface area contributed by atoms with E-state index in [1.807, 2.05) is 12.1 Å². The maximum atomic E-state index is 13.9. The Hall–Kier alpha value is -1.25. The van der Waals surface area contributed by atoms with Crippen LogP contribution in [0.2, 0.25) is 0 Å². The van der Waals surface area contributed by atoms with Crippen molar-refractivity contribution in [2.45, 2.75) is 122 Å². The van der Waals surface area contributed by atoms with E-state index < -0.39 is 11.7 Å². The van der Waals surface area contributed by atoms with Crippen molar-refractivity contribution < 1.29 is 13.6 Å². The average molecular weight is 447 g/mol. The van der Waals surface area contributed by atoms with Crippen molar-refractivity contribution in [3.63, 3.8) is 0 Å². The minimum atomic E-state index is -3.25. The zero-order chi connectivity index (χ0) is 23.0. The molecule has 2 aliphatic rings. The molecule has 0 spiro atoms. The molecule has 0 heterocycles. The number of carbonyl (C=O) groups excluding carboxylic acids is 1. The van der Waals surface area contributed by atoms with Gasteiger partial charge in [-0.15, -0.1) is 0 Å². The first-order valence-electron chi connectivity index (χ1n) is 13.5. The van der Waals surface area contributed by atoms with Gasteiger partial charge in [0.05, 0.1) is 0 Å². The van der Waals surface area contributed by atoms with Crippen molar-refractivity contribution in [3.8, 4) is 0 Å². The van der Waals surface area contributed by atoms with E-state index in [0.717, 1.165) is 17.8 Å². The van der Waals surface area contributed by atoms with Gasteiger partial charge in [0.25, 0.3) is 0 Å². The number of unbranched alkanes of at least 4 members (excludes halogenated alkanes) is 3. The molecule has 0 N–H and O–H groups in total. The minimum absolute atomic E-state index is 0.146. The molecule has 0 unspecified atom stereocenters. The van der Waals surface area contributed by atoms with Gasteiger partial charge in [0.15, 0.2) is 0 Å². The molecule has 0 bridgehead atoms. The van der Waals surface area contributed by atoms with E-state index >= 15 is 0 Å². The van der Waals surface area contributed by atoms with Crippen LogP contribution < -0.4 is 0 Å². The smallest absolute Gasteiger partial charge is 0.287 e. The van der Waals surface area contributed by atoms with Gasteiger partial charge < -0.3 is 0 Å². The molecule has 2 saturated carbocycles. The van der Waals surface area contributed by atoms with Crippen LogP contribution in [-0.2, 0) is 0 Å². The van der Waals surface area contributed by atoms with Gasteiger partial charge in [-0.25, -0.2) is 0 Å². The molecule has 3 heteroatoms. The summed E-state index contributed by atoms with van der Waals surface area (Å²) in [7, 11) is 0. The summed E-state index contributed by atoms with van der Waals surface area (Å²) in [6, 6.07) is 7.08. The second-order valence-electron chi connectivity index (χ2n) is 10.6. The zero-order valence-electron chi connectivity index (χ0n) is 20.4. The average Bonchev–Trinajstić information content (AvgIpc) is 2.82. The maximum Gasteiger partial charge on any atom is 0.309 e. The van der Waals surface area contributed by atoms with Gasteiger partial charge in [-0.3, -0.25) is 4.79 Å². The van der Waals surface area contributed by atoms with Gasteiger partial charge >= 0.3 is 5.92 Å². The van der Waals surface area contributed by atoms with Crippen LogP contribution in [0.25, 0.3) is 0 Å².